The van der Waals surface area contributed by atoms with Gasteiger partial charge in [0.15, 0.2) is 0 Å². The van der Waals surface area contributed by atoms with Gasteiger partial charge in [-0.25, -0.2) is 4.39 Å². The monoisotopic (exact) mass is 275 g/mol. The van der Waals surface area contributed by atoms with Gasteiger partial charge in [0.1, 0.15) is 5.82 Å². The minimum Gasteiger partial charge on any atom is -0.324 e. The van der Waals surface area contributed by atoms with Crippen LogP contribution in [0.4, 0.5) is 4.39 Å². The second-order valence-corrected chi connectivity index (χ2v) is 5.65. The Hall–Kier alpha value is -1.32. The Labute approximate surface area is 118 Å². The van der Waals surface area contributed by atoms with Crippen molar-refractivity contribution in [1.29, 1.82) is 0 Å². The molecule has 1 unspecified atom stereocenters. The minimum atomic E-state index is -0.187. The Kier molecular flexibility index (Phi) is 4.61. The van der Waals surface area contributed by atoms with E-state index in [1.807, 2.05) is 25.1 Å². The quantitative estimate of drug-likeness (QED) is 0.834. The second-order valence-electron chi connectivity index (χ2n) is 4.66. The molecule has 1 nitrogen and oxygen atoms in total. The van der Waals surface area contributed by atoms with Gasteiger partial charge in [0, 0.05) is 16.7 Å². The largest absolute Gasteiger partial charge is 0.324 e. The van der Waals surface area contributed by atoms with E-state index >= 15 is 0 Å². The Balaban J connectivity index is 2.22. The van der Waals surface area contributed by atoms with Gasteiger partial charge in [-0.3, -0.25) is 0 Å². The molecular weight excluding hydrogens is 257 g/mol. The van der Waals surface area contributed by atoms with Gasteiger partial charge in [0.05, 0.1) is 0 Å². The molecule has 0 aliphatic rings. The van der Waals surface area contributed by atoms with E-state index in [2.05, 4.69) is 19.1 Å². The zero-order chi connectivity index (χ0) is 13.8. The van der Waals surface area contributed by atoms with Crippen molar-refractivity contribution >= 4 is 11.8 Å². The standard InChI is InChI=1S/C16H18FNS/c1-11-6-3-4-7-13(11)10-19-16-14(12(2)18)8-5-9-15(16)17/h3-9,12H,10,18H2,1-2H3. The number of hydrogen-bond acceptors (Lipinski definition) is 2. The third-order valence-electron chi connectivity index (χ3n) is 3.12. The second kappa shape index (κ2) is 6.22. The van der Waals surface area contributed by atoms with Crippen molar-refractivity contribution in [2.45, 2.75) is 30.5 Å². The molecule has 2 aromatic carbocycles. The molecule has 2 N–H and O–H groups in total. The molecule has 0 radical (unpaired) electrons. The summed E-state index contributed by atoms with van der Waals surface area (Å²) in [6, 6.07) is 13.1. The molecule has 0 heterocycles. The highest BCUT2D eigenvalue weighted by atomic mass is 32.2. The van der Waals surface area contributed by atoms with Crippen LogP contribution < -0.4 is 5.73 Å². The molecule has 0 amide bonds. The van der Waals surface area contributed by atoms with E-state index in [4.69, 9.17) is 5.73 Å². The van der Waals surface area contributed by atoms with Gasteiger partial charge in [-0.2, -0.15) is 0 Å². The molecule has 2 aromatic rings. The number of rotatable bonds is 4. The van der Waals surface area contributed by atoms with Crippen LogP contribution in [0.25, 0.3) is 0 Å². The minimum absolute atomic E-state index is 0.157. The molecule has 0 bridgehead atoms. The lowest BCUT2D eigenvalue weighted by atomic mass is 10.1. The van der Waals surface area contributed by atoms with Crippen molar-refractivity contribution in [3.8, 4) is 0 Å². The smallest absolute Gasteiger partial charge is 0.137 e. The lowest BCUT2D eigenvalue weighted by Crippen LogP contribution is -2.07. The number of nitrogens with two attached hydrogens (primary N) is 1. The maximum atomic E-state index is 13.9. The summed E-state index contributed by atoms with van der Waals surface area (Å²) in [6.07, 6.45) is 0. The van der Waals surface area contributed by atoms with E-state index in [0.29, 0.717) is 4.90 Å². The van der Waals surface area contributed by atoms with Gasteiger partial charge >= 0.3 is 0 Å². The summed E-state index contributed by atoms with van der Waals surface area (Å²) in [4.78, 5) is 0.667. The molecule has 0 fully saturated rings. The van der Waals surface area contributed by atoms with E-state index in [9.17, 15) is 4.39 Å². The number of aryl methyl sites for hydroxylation is 1. The topological polar surface area (TPSA) is 26.0 Å². The van der Waals surface area contributed by atoms with Crippen molar-refractivity contribution in [2.24, 2.45) is 5.73 Å². The van der Waals surface area contributed by atoms with Gasteiger partial charge in [0.25, 0.3) is 0 Å². The highest BCUT2D eigenvalue weighted by Gasteiger charge is 2.12. The summed E-state index contributed by atoms with van der Waals surface area (Å²) < 4.78 is 13.9. The molecule has 0 spiro atoms. The predicted molar refractivity (Wildman–Crippen MR) is 79.7 cm³/mol. The Bertz CT molecular complexity index is 566. The molecule has 0 aliphatic heterocycles. The van der Waals surface area contributed by atoms with Gasteiger partial charge in [-0.05, 0) is 36.6 Å². The zero-order valence-corrected chi connectivity index (χ0v) is 12.0. The van der Waals surface area contributed by atoms with Crippen molar-refractivity contribution in [2.75, 3.05) is 0 Å². The third-order valence-corrected chi connectivity index (χ3v) is 4.30. The molecule has 0 saturated carbocycles. The Morgan fingerprint density at radius 1 is 1.16 bits per heavy atom. The summed E-state index contributed by atoms with van der Waals surface area (Å²) in [6.45, 7) is 3.95. The predicted octanol–water partition coefficient (Wildman–Crippen LogP) is 4.45. The van der Waals surface area contributed by atoms with E-state index in [1.54, 1.807) is 6.07 Å². The van der Waals surface area contributed by atoms with Gasteiger partial charge < -0.3 is 5.73 Å². The zero-order valence-electron chi connectivity index (χ0n) is 11.2. The lowest BCUT2D eigenvalue weighted by Gasteiger charge is -2.13. The van der Waals surface area contributed by atoms with Gasteiger partial charge in [0.2, 0.25) is 0 Å². The van der Waals surface area contributed by atoms with Crippen LogP contribution in [-0.4, -0.2) is 0 Å². The highest BCUT2D eigenvalue weighted by Crippen LogP contribution is 2.32. The first-order valence-electron chi connectivity index (χ1n) is 6.31. The van der Waals surface area contributed by atoms with Crippen molar-refractivity contribution in [3.05, 3.63) is 65.0 Å². The average Bonchev–Trinajstić information content (AvgIpc) is 2.38. The molecule has 100 valence electrons. The summed E-state index contributed by atoms with van der Waals surface area (Å²) in [7, 11) is 0. The summed E-state index contributed by atoms with van der Waals surface area (Å²) >= 11 is 1.51. The molecule has 0 saturated heterocycles. The van der Waals surface area contributed by atoms with Crippen molar-refractivity contribution in [3.63, 3.8) is 0 Å². The van der Waals surface area contributed by atoms with E-state index in [-0.39, 0.29) is 11.9 Å². The van der Waals surface area contributed by atoms with Gasteiger partial charge in [-0.15, -0.1) is 11.8 Å². The third kappa shape index (κ3) is 3.37. The van der Waals surface area contributed by atoms with Crippen LogP contribution in [0.5, 0.6) is 0 Å². The first-order valence-corrected chi connectivity index (χ1v) is 7.29. The lowest BCUT2D eigenvalue weighted by molar-refractivity contribution is 0.591. The SMILES string of the molecule is Cc1ccccc1CSc1c(F)cccc1C(C)N. The molecule has 0 aliphatic carbocycles. The summed E-state index contributed by atoms with van der Waals surface area (Å²) in [5, 5.41) is 0. The van der Waals surface area contributed by atoms with Crippen molar-refractivity contribution in [1.82, 2.24) is 0 Å². The number of hydrogen-bond donors (Lipinski definition) is 1. The molecule has 19 heavy (non-hydrogen) atoms. The van der Waals surface area contributed by atoms with Crippen LogP contribution in [0.2, 0.25) is 0 Å². The van der Waals surface area contributed by atoms with Crippen LogP contribution in [0, 0.1) is 12.7 Å². The summed E-state index contributed by atoms with van der Waals surface area (Å²) in [5.41, 5.74) is 9.23. The van der Waals surface area contributed by atoms with Crippen LogP contribution in [-0.2, 0) is 5.75 Å². The Morgan fingerprint density at radius 2 is 1.89 bits per heavy atom. The normalized spacial score (nSPS) is 12.4. The first-order chi connectivity index (χ1) is 9.09. The number of thioether (sulfide) groups is 1. The maximum Gasteiger partial charge on any atom is 0.137 e. The number of benzene rings is 2. The summed E-state index contributed by atoms with van der Waals surface area (Å²) in [5.74, 6) is 0.571. The fourth-order valence-electron chi connectivity index (χ4n) is 1.96. The van der Waals surface area contributed by atoms with Crippen LogP contribution in [0.1, 0.15) is 29.7 Å². The average molecular weight is 275 g/mol. The van der Waals surface area contributed by atoms with Crippen LogP contribution >= 0.6 is 11.8 Å². The van der Waals surface area contributed by atoms with Crippen molar-refractivity contribution < 1.29 is 4.39 Å². The van der Waals surface area contributed by atoms with E-state index in [1.165, 1.54) is 29.0 Å². The number of halogens is 1. The van der Waals surface area contributed by atoms with E-state index < -0.39 is 0 Å². The first kappa shape index (κ1) is 14.1. The Morgan fingerprint density at radius 3 is 2.58 bits per heavy atom. The highest BCUT2D eigenvalue weighted by molar-refractivity contribution is 7.98. The van der Waals surface area contributed by atoms with Crippen LogP contribution in [0.3, 0.4) is 0 Å². The molecular formula is C16H18FNS. The molecule has 1 atom stereocenters. The molecule has 0 aromatic heterocycles. The molecule has 2 rings (SSSR count). The fourth-order valence-corrected chi connectivity index (χ4v) is 3.21. The van der Waals surface area contributed by atoms with E-state index in [0.717, 1.165) is 11.3 Å². The fraction of sp³-hybridized carbons (Fsp3) is 0.250. The maximum absolute atomic E-state index is 13.9. The molecule has 3 heteroatoms. The van der Waals surface area contributed by atoms with Gasteiger partial charge in [-0.1, -0.05) is 36.4 Å². The van der Waals surface area contributed by atoms with Crippen LogP contribution in [0.15, 0.2) is 47.4 Å².